The van der Waals surface area contributed by atoms with Crippen molar-refractivity contribution in [2.45, 2.75) is 19.4 Å². The maximum absolute atomic E-state index is 12.6. The number of ether oxygens (including phenoxy) is 2. The Balaban J connectivity index is 2.00. The molecule has 0 unspecified atom stereocenters. The number of hydrogen-bond donors (Lipinski definition) is 0. The second-order valence-electron chi connectivity index (χ2n) is 5.73. The van der Waals surface area contributed by atoms with E-state index < -0.39 is 11.6 Å². The van der Waals surface area contributed by atoms with Gasteiger partial charge in [-0.25, -0.2) is 4.79 Å². The molecule has 0 aliphatic heterocycles. The monoisotopic (exact) mass is 320 g/mol. The molecule has 0 amide bonds. The minimum absolute atomic E-state index is 0.308. The van der Waals surface area contributed by atoms with Crippen molar-refractivity contribution < 1.29 is 14.3 Å². The van der Waals surface area contributed by atoms with E-state index in [0.717, 1.165) is 16.3 Å². The van der Waals surface area contributed by atoms with E-state index in [4.69, 9.17) is 9.47 Å². The van der Waals surface area contributed by atoms with Crippen molar-refractivity contribution in [2.24, 2.45) is 0 Å². The quantitative estimate of drug-likeness (QED) is 0.639. The molecule has 0 radical (unpaired) electrons. The molecular formula is C21H20O3. The molecule has 3 nitrogen and oxygen atoms in total. The highest BCUT2D eigenvalue weighted by atomic mass is 16.6. The number of rotatable bonds is 5. The fourth-order valence-corrected chi connectivity index (χ4v) is 2.71. The molecule has 0 saturated heterocycles. The molecule has 1 atom stereocenters. The molecule has 0 N–H and O–H groups in total. The summed E-state index contributed by atoms with van der Waals surface area (Å²) in [5.74, 6) is 0.234. The Bertz CT molecular complexity index is 842. The zero-order valence-corrected chi connectivity index (χ0v) is 13.9. The lowest BCUT2D eigenvalue weighted by Gasteiger charge is -2.29. The Labute approximate surface area is 141 Å². The average Bonchev–Trinajstić information content (AvgIpc) is 2.62. The molecule has 24 heavy (non-hydrogen) atoms. The predicted octanol–water partition coefficient (Wildman–Crippen LogP) is 4.70. The summed E-state index contributed by atoms with van der Waals surface area (Å²) in [7, 11) is 0. The molecule has 3 aromatic rings. The summed E-state index contributed by atoms with van der Waals surface area (Å²) in [5, 5.41) is 2.19. The molecule has 0 aliphatic carbocycles. The lowest BCUT2D eigenvalue weighted by molar-refractivity contribution is -0.161. The maximum Gasteiger partial charge on any atom is 0.354 e. The Hall–Kier alpha value is -2.81. The van der Waals surface area contributed by atoms with E-state index in [0.29, 0.717) is 12.4 Å². The van der Waals surface area contributed by atoms with Crippen LogP contribution < -0.4 is 4.74 Å². The molecule has 0 aliphatic rings. The second-order valence-corrected chi connectivity index (χ2v) is 5.73. The number of fused-ring (bicyclic) bond motifs is 1. The van der Waals surface area contributed by atoms with Crippen LogP contribution in [-0.2, 0) is 15.1 Å². The minimum Gasteiger partial charge on any atom is -0.471 e. The number of benzene rings is 3. The third-order valence-electron chi connectivity index (χ3n) is 4.03. The van der Waals surface area contributed by atoms with E-state index in [2.05, 4.69) is 0 Å². The highest BCUT2D eigenvalue weighted by molar-refractivity contribution is 5.84. The van der Waals surface area contributed by atoms with Crippen molar-refractivity contribution >= 4 is 16.7 Å². The van der Waals surface area contributed by atoms with Crippen molar-refractivity contribution in [1.29, 1.82) is 0 Å². The minimum atomic E-state index is -1.19. The molecule has 3 rings (SSSR count). The SMILES string of the molecule is CCOC(=O)[C@](C)(Oc1ccc2ccccc2c1)c1ccccc1. The number of hydrogen-bond acceptors (Lipinski definition) is 3. The average molecular weight is 320 g/mol. The van der Waals surface area contributed by atoms with Crippen molar-refractivity contribution in [3.8, 4) is 5.75 Å². The van der Waals surface area contributed by atoms with Gasteiger partial charge in [0.25, 0.3) is 0 Å². The van der Waals surface area contributed by atoms with Crippen molar-refractivity contribution in [3.05, 3.63) is 78.4 Å². The fourth-order valence-electron chi connectivity index (χ4n) is 2.71. The molecule has 0 bridgehead atoms. The highest BCUT2D eigenvalue weighted by Crippen LogP contribution is 2.31. The van der Waals surface area contributed by atoms with Crippen LogP contribution in [0.5, 0.6) is 5.75 Å². The smallest absolute Gasteiger partial charge is 0.354 e. The molecule has 3 aromatic carbocycles. The summed E-state index contributed by atoms with van der Waals surface area (Å²) in [6.45, 7) is 3.84. The van der Waals surface area contributed by atoms with Gasteiger partial charge in [-0.05, 0) is 36.8 Å². The van der Waals surface area contributed by atoms with E-state index in [-0.39, 0.29) is 0 Å². The van der Waals surface area contributed by atoms with Gasteiger partial charge in [-0.15, -0.1) is 0 Å². The second kappa shape index (κ2) is 6.75. The van der Waals surface area contributed by atoms with Gasteiger partial charge in [0.05, 0.1) is 6.61 Å². The van der Waals surface area contributed by atoms with E-state index in [1.807, 2.05) is 72.8 Å². The van der Waals surface area contributed by atoms with E-state index >= 15 is 0 Å². The predicted molar refractivity (Wildman–Crippen MR) is 95.0 cm³/mol. The standard InChI is InChI=1S/C21H20O3/c1-3-23-20(22)21(2,18-11-5-4-6-12-18)24-19-14-13-16-9-7-8-10-17(16)15-19/h4-15H,3H2,1-2H3/t21-/m1/s1. The fraction of sp³-hybridized carbons (Fsp3) is 0.190. The zero-order valence-electron chi connectivity index (χ0n) is 13.9. The highest BCUT2D eigenvalue weighted by Gasteiger charge is 2.39. The first kappa shape index (κ1) is 16.1. The third kappa shape index (κ3) is 3.11. The summed E-state index contributed by atoms with van der Waals surface area (Å²) >= 11 is 0. The Morgan fingerprint density at radius 1 is 0.917 bits per heavy atom. The van der Waals surface area contributed by atoms with Crippen LogP contribution in [0.25, 0.3) is 10.8 Å². The largest absolute Gasteiger partial charge is 0.471 e. The summed E-state index contributed by atoms with van der Waals surface area (Å²) in [5.41, 5.74) is -0.434. The van der Waals surface area contributed by atoms with Crippen LogP contribution in [0.4, 0.5) is 0 Å². The van der Waals surface area contributed by atoms with Gasteiger partial charge in [-0.2, -0.15) is 0 Å². The van der Waals surface area contributed by atoms with E-state index in [9.17, 15) is 4.79 Å². The summed E-state index contributed by atoms with van der Waals surface area (Å²) in [4.78, 5) is 12.6. The van der Waals surface area contributed by atoms with Crippen LogP contribution in [0, 0.1) is 0 Å². The first-order valence-electron chi connectivity index (χ1n) is 8.04. The van der Waals surface area contributed by atoms with Crippen molar-refractivity contribution in [3.63, 3.8) is 0 Å². The number of carbonyl (C=O) groups excluding carboxylic acids is 1. The van der Waals surface area contributed by atoms with E-state index in [1.165, 1.54) is 0 Å². The summed E-state index contributed by atoms with van der Waals surface area (Å²) < 4.78 is 11.4. The maximum atomic E-state index is 12.6. The zero-order chi connectivity index (χ0) is 17.0. The Morgan fingerprint density at radius 2 is 1.58 bits per heavy atom. The van der Waals surface area contributed by atoms with Gasteiger partial charge in [-0.1, -0.05) is 60.7 Å². The van der Waals surface area contributed by atoms with Gasteiger partial charge in [0.1, 0.15) is 5.75 Å². The van der Waals surface area contributed by atoms with Crippen LogP contribution in [0.3, 0.4) is 0 Å². The third-order valence-corrected chi connectivity index (χ3v) is 4.03. The van der Waals surface area contributed by atoms with Gasteiger partial charge < -0.3 is 9.47 Å². The van der Waals surface area contributed by atoms with Crippen LogP contribution in [-0.4, -0.2) is 12.6 Å². The molecule has 122 valence electrons. The Kier molecular flexibility index (Phi) is 4.52. The molecule has 0 spiro atoms. The molecule has 0 fully saturated rings. The van der Waals surface area contributed by atoms with Gasteiger partial charge in [0.2, 0.25) is 5.60 Å². The summed E-state index contributed by atoms with van der Waals surface area (Å²) in [6, 6.07) is 23.3. The molecule has 0 saturated carbocycles. The van der Waals surface area contributed by atoms with Gasteiger partial charge in [0, 0.05) is 5.56 Å². The van der Waals surface area contributed by atoms with E-state index in [1.54, 1.807) is 13.8 Å². The van der Waals surface area contributed by atoms with Crippen LogP contribution in [0.15, 0.2) is 72.8 Å². The molecule has 3 heteroatoms. The first-order chi connectivity index (χ1) is 11.6. The lowest BCUT2D eigenvalue weighted by Crippen LogP contribution is -2.40. The lowest BCUT2D eigenvalue weighted by atomic mass is 9.95. The summed E-state index contributed by atoms with van der Waals surface area (Å²) in [6.07, 6.45) is 0. The topological polar surface area (TPSA) is 35.5 Å². The van der Waals surface area contributed by atoms with Crippen molar-refractivity contribution in [1.82, 2.24) is 0 Å². The number of carbonyl (C=O) groups is 1. The van der Waals surface area contributed by atoms with Crippen LogP contribution in [0.2, 0.25) is 0 Å². The van der Waals surface area contributed by atoms with Gasteiger partial charge >= 0.3 is 5.97 Å². The molecule has 0 heterocycles. The molecular weight excluding hydrogens is 300 g/mol. The molecule has 0 aromatic heterocycles. The normalized spacial score (nSPS) is 13.2. The van der Waals surface area contributed by atoms with Gasteiger partial charge in [0.15, 0.2) is 0 Å². The van der Waals surface area contributed by atoms with Crippen molar-refractivity contribution in [2.75, 3.05) is 6.61 Å². The van der Waals surface area contributed by atoms with Crippen LogP contribution in [0.1, 0.15) is 19.4 Å². The van der Waals surface area contributed by atoms with Crippen LogP contribution >= 0.6 is 0 Å². The Morgan fingerprint density at radius 3 is 2.29 bits per heavy atom. The first-order valence-corrected chi connectivity index (χ1v) is 8.04. The number of esters is 1. The van der Waals surface area contributed by atoms with Gasteiger partial charge in [-0.3, -0.25) is 0 Å².